The van der Waals surface area contributed by atoms with E-state index >= 15 is 0 Å². The van der Waals surface area contributed by atoms with Crippen LogP contribution in [0.1, 0.15) is 48.0 Å². The molecule has 0 radical (unpaired) electrons. The number of fused-ring (bicyclic) bond motifs is 1. The monoisotopic (exact) mass is 335 g/mol. The maximum absolute atomic E-state index is 12.7. The van der Waals surface area contributed by atoms with E-state index in [0.717, 1.165) is 35.0 Å². The lowest BCUT2D eigenvalue weighted by Crippen LogP contribution is -2.44. The summed E-state index contributed by atoms with van der Waals surface area (Å²) < 4.78 is 0.924. The molecular formula is C17H22BrNO. The summed E-state index contributed by atoms with van der Waals surface area (Å²) in [6.45, 7) is 3.94. The lowest BCUT2D eigenvalue weighted by Gasteiger charge is -2.41. The molecule has 1 aliphatic heterocycles. The molecule has 1 amide bonds. The molecule has 3 rings (SSSR count). The second-order valence-electron chi connectivity index (χ2n) is 6.33. The van der Waals surface area contributed by atoms with Crippen LogP contribution >= 0.6 is 15.9 Å². The zero-order chi connectivity index (χ0) is 14.1. The first-order chi connectivity index (χ1) is 9.65. The van der Waals surface area contributed by atoms with Gasteiger partial charge >= 0.3 is 0 Å². The summed E-state index contributed by atoms with van der Waals surface area (Å²) in [6.07, 6.45) is 6.61. The molecule has 0 spiro atoms. The third kappa shape index (κ3) is 2.78. The predicted octanol–water partition coefficient (Wildman–Crippen LogP) is 4.41. The van der Waals surface area contributed by atoms with Crippen LogP contribution in [0.4, 0.5) is 0 Å². The van der Waals surface area contributed by atoms with Crippen molar-refractivity contribution < 1.29 is 4.79 Å². The minimum Gasteiger partial charge on any atom is -0.338 e. The van der Waals surface area contributed by atoms with Crippen LogP contribution in [0.3, 0.4) is 0 Å². The van der Waals surface area contributed by atoms with E-state index in [-0.39, 0.29) is 5.91 Å². The lowest BCUT2D eigenvalue weighted by atomic mass is 9.75. The Morgan fingerprint density at radius 2 is 1.95 bits per heavy atom. The predicted molar refractivity (Wildman–Crippen MR) is 84.8 cm³/mol. The summed E-state index contributed by atoms with van der Waals surface area (Å²) in [5, 5.41) is 0. The Hall–Kier alpha value is -0.830. The van der Waals surface area contributed by atoms with Gasteiger partial charge in [0.15, 0.2) is 0 Å². The van der Waals surface area contributed by atoms with Gasteiger partial charge in [-0.1, -0.05) is 25.3 Å². The number of aryl methyl sites for hydroxylation is 1. The summed E-state index contributed by atoms with van der Waals surface area (Å²) in [5.74, 6) is 1.81. The zero-order valence-corrected chi connectivity index (χ0v) is 13.7. The van der Waals surface area contributed by atoms with E-state index in [1.807, 2.05) is 25.1 Å². The first-order valence-electron chi connectivity index (χ1n) is 7.70. The van der Waals surface area contributed by atoms with Gasteiger partial charge in [-0.05, 0) is 65.2 Å². The Balaban J connectivity index is 1.74. The van der Waals surface area contributed by atoms with Crippen molar-refractivity contribution in [3.8, 4) is 0 Å². The smallest absolute Gasteiger partial charge is 0.255 e. The van der Waals surface area contributed by atoms with E-state index in [0.29, 0.717) is 0 Å². The van der Waals surface area contributed by atoms with Crippen LogP contribution in [0.5, 0.6) is 0 Å². The molecule has 1 aromatic rings. The Morgan fingerprint density at radius 3 is 2.70 bits per heavy atom. The number of benzene rings is 1. The first kappa shape index (κ1) is 14.1. The molecule has 0 aromatic heterocycles. The minimum absolute atomic E-state index is 0.195. The average molecular weight is 336 g/mol. The van der Waals surface area contributed by atoms with Crippen LogP contribution in [-0.2, 0) is 0 Å². The number of carbonyl (C=O) groups is 1. The molecule has 108 valence electrons. The largest absolute Gasteiger partial charge is 0.338 e. The number of rotatable bonds is 1. The maximum Gasteiger partial charge on any atom is 0.255 e. The van der Waals surface area contributed by atoms with Gasteiger partial charge < -0.3 is 4.90 Å². The van der Waals surface area contributed by atoms with Crippen molar-refractivity contribution in [3.05, 3.63) is 33.8 Å². The molecule has 1 saturated carbocycles. The van der Waals surface area contributed by atoms with Crippen molar-refractivity contribution in [1.82, 2.24) is 4.90 Å². The number of hydrogen-bond acceptors (Lipinski definition) is 1. The number of likely N-dealkylation sites (tertiary alicyclic amines) is 1. The quantitative estimate of drug-likeness (QED) is 0.744. The van der Waals surface area contributed by atoms with Gasteiger partial charge in [0.05, 0.1) is 5.56 Å². The van der Waals surface area contributed by atoms with Crippen molar-refractivity contribution >= 4 is 21.8 Å². The summed E-state index contributed by atoms with van der Waals surface area (Å²) in [7, 11) is 0. The molecule has 2 aliphatic rings. The van der Waals surface area contributed by atoms with Crippen LogP contribution in [0.2, 0.25) is 0 Å². The number of hydrogen-bond donors (Lipinski definition) is 0. The van der Waals surface area contributed by atoms with Gasteiger partial charge in [-0.15, -0.1) is 0 Å². The standard InChI is InChI=1S/C17H22BrNO/c1-12-6-7-15(16(18)10-12)17(20)19-9-8-13-4-2-3-5-14(13)11-19/h6-7,10,13-14H,2-5,8-9,11H2,1H3. The maximum atomic E-state index is 12.7. The van der Waals surface area contributed by atoms with Gasteiger partial charge in [0.1, 0.15) is 0 Å². The van der Waals surface area contributed by atoms with Crippen LogP contribution < -0.4 is 0 Å². The number of carbonyl (C=O) groups excluding carboxylic acids is 1. The molecule has 1 aliphatic carbocycles. The highest BCUT2D eigenvalue weighted by atomic mass is 79.9. The summed E-state index contributed by atoms with van der Waals surface area (Å²) >= 11 is 3.54. The Morgan fingerprint density at radius 1 is 1.20 bits per heavy atom. The molecule has 3 heteroatoms. The fourth-order valence-corrected chi connectivity index (χ4v) is 4.41. The molecule has 2 nitrogen and oxygen atoms in total. The lowest BCUT2D eigenvalue weighted by molar-refractivity contribution is 0.0520. The van der Waals surface area contributed by atoms with E-state index in [4.69, 9.17) is 0 Å². The van der Waals surface area contributed by atoms with E-state index < -0.39 is 0 Å². The van der Waals surface area contributed by atoms with Gasteiger partial charge in [0, 0.05) is 17.6 Å². The molecule has 20 heavy (non-hydrogen) atoms. The van der Waals surface area contributed by atoms with Crippen molar-refractivity contribution in [2.75, 3.05) is 13.1 Å². The van der Waals surface area contributed by atoms with Gasteiger partial charge in [-0.2, -0.15) is 0 Å². The van der Waals surface area contributed by atoms with Gasteiger partial charge in [0.25, 0.3) is 5.91 Å². The number of halogens is 1. The SMILES string of the molecule is Cc1ccc(C(=O)N2CCC3CCCCC3C2)c(Br)c1. The number of piperidine rings is 1. The van der Waals surface area contributed by atoms with Crippen molar-refractivity contribution in [1.29, 1.82) is 0 Å². The van der Waals surface area contributed by atoms with E-state index in [2.05, 4.69) is 20.8 Å². The van der Waals surface area contributed by atoms with Gasteiger partial charge in [0.2, 0.25) is 0 Å². The highest BCUT2D eigenvalue weighted by molar-refractivity contribution is 9.10. The molecule has 0 N–H and O–H groups in total. The zero-order valence-electron chi connectivity index (χ0n) is 12.1. The fourth-order valence-electron chi connectivity index (χ4n) is 3.75. The molecule has 1 saturated heterocycles. The Labute approximate surface area is 129 Å². The van der Waals surface area contributed by atoms with E-state index in [9.17, 15) is 4.79 Å². The van der Waals surface area contributed by atoms with Crippen LogP contribution in [0, 0.1) is 18.8 Å². The van der Waals surface area contributed by atoms with E-state index in [1.54, 1.807) is 0 Å². The number of amides is 1. The first-order valence-corrected chi connectivity index (χ1v) is 8.50. The third-order valence-electron chi connectivity index (χ3n) is 4.93. The summed E-state index contributed by atoms with van der Waals surface area (Å²) in [5.41, 5.74) is 1.99. The van der Waals surface area contributed by atoms with Crippen molar-refractivity contribution in [3.63, 3.8) is 0 Å². The van der Waals surface area contributed by atoms with Crippen molar-refractivity contribution in [2.45, 2.75) is 39.0 Å². The summed E-state index contributed by atoms with van der Waals surface area (Å²) in [6, 6.07) is 6.00. The molecule has 2 unspecified atom stereocenters. The molecular weight excluding hydrogens is 314 g/mol. The number of nitrogens with zero attached hydrogens (tertiary/aromatic N) is 1. The molecule has 0 bridgehead atoms. The second-order valence-corrected chi connectivity index (χ2v) is 7.18. The second kappa shape index (κ2) is 5.88. The molecule has 1 heterocycles. The molecule has 2 atom stereocenters. The molecule has 1 aromatic carbocycles. The molecule has 2 fully saturated rings. The van der Waals surface area contributed by atoms with E-state index in [1.165, 1.54) is 37.7 Å². The summed E-state index contributed by atoms with van der Waals surface area (Å²) in [4.78, 5) is 14.8. The van der Waals surface area contributed by atoms with Crippen molar-refractivity contribution in [2.24, 2.45) is 11.8 Å². The van der Waals surface area contributed by atoms with Crippen LogP contribution in [-0.4, -0.2) is 23.9 Å². The fraction of sp³-hybridized carbons (Fsp3) is 0.588. The van der Waals surface area contributed by atoms with Gasteiger partial charge in [-0.25, -0.2) is 0 Å². The normalized spacial score (nSPS) is 26.2. The van der Waals surface area contributed by atoms with Crippen LogP contribution in [0.25, 0.3) is 0 Å². The highest BCUT2D eigenvalue weighted by Crippen LogP contribution is 2.36. The Bertz CT molecular complexity index is 514. The Kier molecular flexibility index (Phi) is 4.16. The van der Waals surface area contributed by atoms with Gasteiger partial charge in [-0.3, -0.25) is 4.79 Å². The third-order valence-corrected chi connectivity index (χ3v) is 5.59. The topological polar surface area (TPSA) is 20.3 Å². The minimum atomic E-state index is 0.195. The average Bonchev–Trinajstić information content (AvgIpc) is 2.46. The highest BCUT2D eigenvalue weighted by Gasteiger charge is 2.33. The van der Waals surface area contributed by atoms with Crippen LogP contribution in [0.15, 0.2) is 22.7 Å².